The molecule has 3 rings (SSSR count). The van der Waals surface area contributed by atoms with Crippen LogP contribution in [0.15, 0.2) is 41.8 Å². The SMILES string of the molecule is CCc1ccccc1NC(=O)CN1CCN(C(=O)CCC(=O)c2cccs2)CC1. The quantitative estimate of drug-likeness (QED) is 0.676. The summed E-state index contributed by atoms with van der Waals surface area (Å²) in [5, 5.41) is 4.86. The highest BCUT2D eigenvalue weighted by Gasteiger charge is 2.23. The highest BCUT2D eigenvalue weighted by molar-refractivity contribution is 7.12. The Labute approximate surface area is 175 Å². The lowest BCUT2D eigenvalue weighted by molar-refractivity contribution is -0.133. The number of aryl methyl sites for hydroxylation is 1. The van der Waals surface area contributed by atoms with Crippen molar-refractivity contribution in [1.29, 1.82) is 0 Å². The fraction of sp³-hybridized carbons (Fsp3) is 0.409. The number of rotatable bonds is 8. The zero-order valence-electron chi connectivity index (χ0n) is 16.7. The first-order chi connectivity index (χ1) is 14.1. The van der Waals surface area contributed by atoms with Crippen LogP contribution in [0.25, 0.3) is 0 Å². The highest BCUT2D eigenvalue weighted by atomic mass is 32.1. The fourth-order valence-electron chi connectivity index (χ4n) is 3.44. The molecule has 1 saturated heterocycles. The molecule has 1 aliphatic rings. The molecule has 154 valence electrons. The molecule has 0 atom stereocenters. The smallest absolute Gasteiger partial charge is 0.238 e. The summed E-state index contributed by atoms with van der Waals surface area (Å²) in [7, 11) is 0. The third-order valence-corrected chi connectivity index (χ3v) is 6.04. The van der Waals surface area contributed by atoms with Crippen molar-refractivity contribution < 1.29 is 14.4 Å². The van der Waals surface area contributed by atoms with Crippen LogP contribution in [0, 0.1) is 0 Å². The van der Waals surface area contributed by atoms with Crippen molar-refractivity contribution in [1.82, 2.24) is 9.80 Å². The number of carbonyl (C=O) groups is 3. The summed E-state index contributed by atoms with van der Waals surface area (Å²) in [5.41, 5.74) is 1.98. The van der Waals surface area contributed by atoms with E-state index in [1.807, 2.05) is 35.7 Å². The standard InChI is InChI=1S/C22H27N3O3S/c1-2-17-6-3-4-7-18(17)23-21(27)16-24-11-13-25(14-12-24)22(28)10-9-19(26)20-8-5-15-29-20/h3-8,15H,2,9-14,16H2,1H3,(H,23,27). The molecule has 0 bridgehead atoms. The van der Waals surface area contributed by atoms with E-state index in [9.17, 15) is 14.4 Å². The molecule has 2 heterocycles. The van der Waals surface area contributed by atoms with Crippen LogP contribution in [0.3, 0.4) is 0 Å². The molecular weight excluding hydrogens is 386 g/mol. The monoisotopic (exact) mass is 413 g/mol. The van der Waals surface area contributed by atoms with Crippen molar-refractivity contribution in [2.24, 2.45) is 0 Å². The Hall–Kier alpha value is -2.51. The minimum atomic E-state index is -0.0350. The molecule has 1 aliphatic heterocycles. The van der Waals surface area contributed by atoms with Crippen LogP contribution in [0.4, 0.5) is 5.69 Å². The Kier molecular flexibility index (Phi) is 7.55. The number of carbonyl (C=O) groups excluding carboxylic acids is 3. The second-order valence-corrected chi connectivity index (χ2v) is 8.06. The van der Waals surface area contributed by atoms with Crippen molar-refractivity contribution in [3.63, 3.8) is 0 Å². The molecule has 0 radical (unpaired) electrons. The molecule has 0 aliphatic carbocycles. The van der Waals surface area contributed by atoms with Gasteiger partial charge in [-0.1, -0.05) is 31.2 Å². The highest BCUT2D eigenvalue weighted by Crippen LogP contribution is 2.16. The zero-order chi connectivity index (χ0) is 20.6. The first-order valence-electron chi connectivity index (χ1n) is 10.0. The fourth-order valence-corrected chi connectivity index (χ4v) is 4.13. The number of nitrogens with zero attached hydrogens (tertiary/aromatic N) is 2. The van der Waals surface area contributed by atoms with Crippen LogP contribution in [-0.2, 0) is 16.0 Å². The van der Waals surface area contributed by atoms with E-state index in [0.717, 1.165) is 17.7 Å². The van der Waals surface area contributed by atoms with Crippen LogP contribution < -0.4 is 5.32 Å². The topological polar surface area (TPSA) is 69.7 Å². The van der Waals surface area contributed by atoms with Gasteiger partial charge in [-0.05, 0) is 29.5 Å². The predicted octanol–water partition coefficient (Wildman–Crippen LogP) is 3.06. The lowest BCUT2D eigenvalue weighted by Crippen LogP contribution is -2.50. The summed E-state index contributed by atoms with van der Waals surface area (Å²) in [6, 6.07) is 11.5. The molecular formula is C22H27N3O3S. The van der Waals surface area contributed by atoms with Gasteiger partial charge >= 0.3 is 0 Å². The number of amides is 2. The average Bonchev–Trinajstić information content (AvgIpc) is 3.27. The molecule has 1 N–H and O–H groups in total. The van der Waals surface area contributed by atoms with E-state index in [0.29, 0.717) is 37.6 Å². The molecule has 6 nitrogen and oxygen atoms in total. The number of ketones is 1. The minimum absolute atomic E-state index is 0.0101. The molecule has 2 amide bonds. The maximum atomic E-state index is 12.4. The number of nitrogens with one attached hydrogen (secondary N) is 1. The van der Waals surface area contributed by atoms with Gasteiger partial charge in [0.1, 0.15) is 0 Å². The van der Waals surface area contributed by atoms with E-state index < -0.39 is 0 Å². The number of hydrogen-bond donors (Lipinski definition) is 1. The van der Waals surface area contributed by atoms with E-state index in [1.54, 1.807) is 11.0 Å². The normalized spacial score (nSPS) is 14.6. The molecule has 1 aromatic heterocycles. The zero-order valence-corrected chi connectivity index (χ0v) is 17.5. The van der Waals surface area contributed by atoms with Gasteiger partial charge < -0.3 is 10.2 Å². The predicted molar refractivity (Wildman–Crippen MR) is 115 cm³/mol. The van der Waals surface area contributed by atoms with Gasteiger partial charge in [-0.15, -0.1) is 11.3 Å². The first-order valence-corrected chi connectivity index (χ1v) is 10.9. The van der Waals surface area contributed by atoms with Gasteiger partial charge in [-0.3, -0.25) is 19.3 Å². The average molecular weight is 414 g/mol. The van der Waals surface area contributed by atoms with Crippen LogP contribution in [-0.4, -0.2) is 60.1 Å². The molecule has 7 heteroatoms. The van der Waals surface area contributed by atoms with Crippen LogP contribution in [0.1, 0.15) is 35.0 Å². The maximum absolute atomic E-state index is 12.4. The molecule has 1 fully saturated rings. The van der Waals surface area contributed by atoms with Gasteiger partial charge in [-0.25, -0.2) is 0 Å². The van der Waals surface area contributed by atoms with Crippen molar-refractivity contribution in [3.05, 3.63) is 52.2 Å². The first kappa shape index (κ1) is 21.2. The summed E-state index contributed by atoms with van der Waals surface area (Å²) in [4.78, 5) is 41.4. The van der Waals surface area contributed by atoms with E-state index >= 15 is 0 Å². The number of para-hydroxylation sites is 1. The summed E-state index contributed by atoms with van der Waals surface area (Å²) in [6.45, 7) is 4.88. The lowest BCUT2D eigenvalue weighted by atomic mass is 10.1. The van der Waals surface area contributed by atoms with Crippen molar-refractivity contribution in [2.45, 2.75) is 26.2 Å². The van der Waals surface area contributed by atoms with E-state index in [-0.39, 0.29) is 30.4 Å². The van der Waals surface area contributed by atoms with Crippen LogP contribution >= 0.6 is 11.3 Å². The van der Waals surface area contributed by atoms with Gasteiger partial charge in [-0.2, -0.15) is 0 Å². The second-order valence-electron chi connectivity index (χ2n) is 7.12. The number of anilines is 1. The van der Waals surface area contributed by atoms with E-state index in [1.165, 1.54) is 11.3 Å². The van der Waals surface area contributed by atoms with Gasteiger partial charge in [0.2, 0.25) is 11.8 Å². The van der Waals surface area contributed by atoms with E-state index in [2.05, 4.69) is 17.1 Å². The van der Waals surface area contributed by atoms with E-state index in [4.69, 9.17) is 0 Å². The number of thiophene rings is 1. The Morgan fingerprint density at radius 3 is 2.45 bits per heavy atom. The number of Topliss-reactive ketones (excluding diaryl/α,β-unsaturated/α-hetero) is 1. The van der Waals surface area contributed by atoms with Gasteiger partial charge in [0.15, 0.2) is 5.78 Å². The molecule has 29 heavy (non-hydrogen) atoms. The second kappa shape index (κ2) is 10.3. The minimum Gasteiger partial charge on any atom is -0.340 e. The van der Waals surface area contributed by atoms with Crippen LogP contribution in [0.5, 0.6) is 0 Å². The van der Waals surface area contributed by atoms with Gasteiger partial charge in [0, 0.05) is 44.7 Å². The number of hydrogen-bond acceptors (Lipinski definition) is 5. The molecule has 0 spiro atoms. The number of benzene rings is 1. The largest absolute Gasteiger partial charge is 0.340 e. The molecule has 1 aromatic carbocycles. The Morgan fingerprint density at radius 1 is 1.00 bits per heavy atom. The third-order valence-electron chi connectivity index (χ3n) is 5.13. The maximum Gasteiger partial charge on any atom is 0.238 e. The van der Waals surface area contributed by atoms with Gasteiger partial charge in [0.25, 0.3) is 0 Å². The Bertz CT molecular complexity index is 843. The molecule has 2 aromatic rings. The molecule has 0 saturated carbocycles. The van der Waals surface area contributed by atoms with Crippen LogP contribution in [0.2, 0.25) is 0 Å². The summed E-state index contributed by atoms with van der Waals surface area (Å²) in [6.07, 6.45) is 1.36. The number of piperazine rings is 1. The van der Waals surface area contributed by atoms with Crippen molar-refractivity contribution >= 4 is 34.6 Å². The Balaban J connectivity index is 1.40. The van der Waals surface area contributed by atoms with Crippen molar-refractivity contribution in [2.75, 3.05) is 38.0 Å². The van der Waals surface area contributed by atoms with Crippen molar-refractivity contribution in [3.8, 4) is 0 Å². The van der Waals surface area contributed by atoms with Gasteiger partial charge in [0.05, 0.1) is 11.4 Å². The lowest BCUT2D eigenvalue weighted by Gasteiger charge is -2.34. The summed E-state index contributed by atoms with van der Waals surface area (Å²) in [5.74, 6) is -0.000815. The molecule has 0 unspecified atom stereocenters. The summed E-state index contributed by atoms with van der Waals surface area (Å²) >= 11 is 1.41. The Morgan fingerprint density at radius 2 is 1.76 bits per heavy atom. The summed E-state index contributed by atoms with van der Waals surface area (Å²) < 4.78 is 0. The third kappa shape index (κ3) is 5.98.